The number of aryl methyl sites for hydroxylation is 1. The number of aliphatic hydroxyl groups is 1. The molecule has 118 valence electrons. The molecular weight excluding hydrogens is 278 g/mol. The normalized spacial score (nSPS) is 20.5. The van der Waals surface area contributed by atoms with Crippen LogP contribution in [0.5, 0.6) is 5.75 Å². The van der Waals surface area contributed by atoms with Crippen LogP contribution in [-0.2, 0) is 18.5 Å². The molecule has 1 aliphatic rings. The highest BCUT2D eigenvalue weighted by molar-refractivity contribution is 5.41. The Labute approximate surface area is 130 Å². The number of hydrogen-bond acceptors (Lipinski definition) is 4. The summed E-state index contributed by atoms with van der Waals surface area (Å²) < 4.78 is 7.63. The predicted octanol–water partition coefficient (Wildman–Crippen LogP) is 1.71. The van der Waals surface area contributed by atoms with Gasteiger partial charge in [-0.3, -0.25) is 4.68 Å². The second-order valence-electron chi connectivity index (χ2n) is 5.72. The topological polar surface area (TPSA) is 59.3 Å². The van der Waals surface area contributed by atoms with Crippen LogP contribution in [0.2, 0.25) is 0 Å². The molecule has 2 heterocycles. The number of para-hydroxylation sites is 1. The standard InChI is InChI=1S/C17H23N3O2/c1-2-20-12-14(11-19-20)7-9-18-17(13-21)8-10-22-16-6-4-3-5-15(16)17/h3-6,11-12,18,21H,2,7-10,13H2,1H3. The molecule has 5 heteroatoms. The molecule has 1 atom stereocenters. The van der Waals surface area contributed by atoms with Gasteiger partial charge in [0.2, 0.25) is 0 Å². The summed E-state index contributed by atoms with van der Waals surface area (Å²) in [6.07, 6.45) is 5.65. The average molecular weight is 301 g/mol. The first-order valence-corrected chi connectivity index (χ1v) is 7.87. The first-order chi connectivity index (χ1) is 10.8. The summed E-state index contributed by atoms with van der Waals surface area (Å²) in [5.74, 6) is 0.870. The molecule has 1 aromatic carbocycles. The number of benzene rings is 1. The van der Waals surface area contributed by atoms with Crippen LogP contribution in [-0.4, -0.2) is 34.6 Å². The largest absolute Gasteiger partial charge is 0.493 e. The average Bonchev–Trinajstić information content (AvgIpc) is 3.03. The van der Waals surface area contributed by atoms with Gasteiger partial charge in [0.05, 0.1) is 24.9 Å². The van der Waals surface area contributed by atoms with E-state index in [4.69, 9.17) is 4.74 Å². The molecule has 2 aromatic rings. The monoisotopic (exact) mass is 301 g/mol. The lowest BCUT2D eigenvalue weighted by molar-refractivity contribution is 0.108. The van der Waals surface area contributed by atoms with Crippen molar-refractivity contribution in [3.63, 3.8) is 0 Å². The second-order valence-corrected chi connectivity index (χ2v) is 5.72. The van der Waals surface area contributed by atoms with Gasteiger partial charge in [-0.05, 0) is 25.0 Å². The molecule has 0 amide bonds. The Morgan fingerprint density at radius 2 is 2.27 bits per heavy atom. The number of aromatic nitrogens is 2. The van der Waals surface area contributed by atoms with Crippen LogP contribution < -0.4 is 10.1 Å². The lowest BCUT2D eigenvalue weighted by Gasteiger charge is -2.38. The van der Waals surface area contributed by atoms with Gasteiger partial charge in [-0.1, -0.05) is 18.2 Å². The van der Waals surface area contributed by atoms with Crippen LogP contribution in [0.15, 0.2) is 36.7 Å². The van der Waals surface area contributed by atoms with E-state index in [-0.39, 0.29) is 6.61 Å². The minimum atomic E-state index is -0.407. The third-order valence-electron chi connectivity index (χ3n) is 4.35. The zero-order chi connectivity index (χ0) is 15.4. The molecule has 1 aliphatic heterocycles. The van der Waals surface area contributed by atoms with E-state index in [0.29, 0.717) is 6.61 Å². The zero-order valence-electron chi connectivity index (χ0n) is 13.0. The molecule has 5 nitrogen and oxygen atoms in total. The van der Waals surface area contributed by atoms with Crippen molar-refractivity contribution in [2.24, 2.45) is 0 Å². The van der Waals surface area contributed by atoms with E-state index in [1.165, 1.54) is 5.56 Å². The smallest absolute Gasteiger partial charge is 0.124 e. The number of hydrogen-bond donors (Lipinski definition) is 2. The lowest BCUT2D eigenvalue weighted by Crippen LogP contribution is -2.49. The van der Waals surface area contributed by atoms with E-state index in [0.717, 1.165) is 37.2 Å². The summed E-state index contributed by atoms with van der Waals surface area (Å²) >= 11 is 0. The van der Waals surface area contributed by atoms with E-state index in [1.54, 1.807) is 0 Å². The van der Waals surface area contributed by atoms with Crippen molar-refractivity contribution >= 4 is 0 Å². The first kappa shape index (κ1) is 15.1. The lowest BCUT2D eigenvalue weighted by atomic mass is 9.85. The van der Waals surface area contributed by atoms with Gasteiger partial charge in [0, 0.05) is 31.3 Å². The highest BCUT2D eigenvalue weighted by Crippen LogP contribution is 2.36. The summed E-state index contributed by atoms with van der Waals surface area (Å²) in [5.41, 5.74) is 1.85. The summed E-state index contributed by atoms with van der Waals surface area (Å²) in [7, 11) is 0. The molecule has 0 radical (unpaired) electrons. The molecule has 1 unspecified atom stereocenters. The summed E-state index contributed by atoms with van der Waals surface area (Å²) in [5, 5.41) is 17.8. The Morgan fingerprint density at radius 3 is 3.05 bits per heavy atom. The number of fused-ring (bicyclic) bond motifs is 1. The minimum Gasteiger partial charge on any atom is -0.493 e. The fourth-order valence-electron chi connectivity index (χ4n) is 3.02. The van der Waals surface area contributed by atoms with Gasteiger partial charge in [-0.15, -0.1) is 0 Å². The Morgan fingerprint density at radius 1 is 1.41 bits per heavy atom. The van der Waals surface area contributed by atoms with Crippen LogP contribution in [0.25, 0.3) is 0 Å². The Kier molecular flexibility index (Phi) is 4.45. The third-order valence-corrected chi connectivity index (χ3v) is 4.35. The molecular formula is C17H23N3O2. The molecule has 0 bridgehead atoms. The van der Waals surface area contributed by atoms with Crippen molar-refractivity contribution in [2.75, 3.05) is 19.8 Å². The van der Waals surface area contributed by atoms with Crippen molar-refractivity contribution in [1.82, 2.24) is 15.1 Å². The number of nitrogens with one attached hydrogen (secondary N) is 1. The summed E-state index contributed by atoms with van der Waals surface area (Å²) in [4.78, 5) is 0. The highest BCUT2D eigenvalue weighted by atomic mass is 16.5. The first-order valence-electron chi connectivity index (χ1n) is 7.87. The van der Waals surface area contributed by atoms with Gasteiger partial charge in [-0.25, -0.2) is 0 Å². The van der Waals surface area contributed by atoms with Gasteiger partial charge < -0.3 is 15.2 Å². The predicted molar refractivity (Wildman–Crippen MR) is 84.9 cm³/mol. The Balaban J connectivity index is 1.69. The number of ether oxygens (including phenoxy) is 1. The number of rotatable bonds is 6. The van der Waals surface area contributed by atoms with Crippen molar-refractivity contribution in [3.8, 4) is 5.75 Å². The maximum atomic E-state index is 9.99. The molecule has 3 rings (SSSR count). The third kappa shape index (κ3) is 2.87. The van der Waals surface area contributed by atoms with E-state index in [1.807, 2.05) is 35.1 Å². The molecule has 0 aliphatic carbocycles. The maximum absolute atomic E-state index is 9.99. The van der Waals surface area contributed by atoms with Gasteiger partial charge in [0.1, 0.15) is 5.75 Å². The van der Waals surface area contributed by atoms with Crippen LogP contribution in [0, 0.1) is 0 Å². The summed E-state index contributed by atoms with van der Waals surface area (Å²) in [6.45, 7) is 4.46. The van der Waals surface area contributed by atoms with E-state index >= 15 is 0 Å². The van der Waals surface area contributed by atoms with Crippen molar-refractivity contribution in [1.29, 1.82) is 0 Å². The Bertz CT molecular complexity index is 626. The quantitative estimate of drug-likeness (QED) is 0.853. The van der Waals surface area contributed by atoms with Gasteiger partial charge >= 0.3 is 0 Å². The SMILES string of the molecule is CCn1cc(CCNC2(CO)CCOc3ccccc32)cn1. The molecule has 2 N–H and O–H groups in total. The van der Waals surface area contributed by atoms with E-state index in [9.17, 15) is 5.11 Å². The zero-order valence-corrected chi connectivity index (χ0v) is 13.0. The number of nitrogens with zero attached hydrogens (tertiary/aromatic N) is 2. The van der Waals surface area contributed by atoms with Crippen LogP contribution in [0.3, 0.4) is 0 Å². The van der Waals surface area contributed by atoms with E-state index < -0.39 is 5.54 Å². The fraction of sp³-hybridized carbons (Fsp3) is 0.471. The van der Waals surface area contributed by atoms with Crippen LogP contribution in [0.4, 0.5) is 0 Å². The van der Waals surface area contributed by atoms with Gasteiger partial charge in [0.15, 0.2) is 0 Å². The van der Waals surface area contributed by atoms with Crippen LogP contribution in [0.1, 0.15) is 24.5 Å². The molecule has 1 aromatic heterocycles. The number of aliphatic hydroxyl groups excluding tert-OH is 1. The minimum absolute atomic E-state index is 0.0710. The van der Waals surface area contributed by atoms with Gasteiger partial charge in [0.25, 0.3) is 0 Å². The maximum Gasteiger partial charge on any atom is 0.124 e. The van der Waals surface area contributed by atoms with Crippen molar-refractivity contribution < 1.29 is 9.84 Å². The molecule has 22 heavy (non-hydrogen) atoms. The van der Waals surface area contributed by atoms with Crippen molar-refractivity contribution in [3.05, 3.63) is 47.8 Å². The highest BCUT2D eigenvalue weighted by Gasteiger charge is 2.36. The molecule has 0 saturated carbocycles. The van der Waals surface area contributed by atoms with Crippen LogP contribution >= 0.6 is 0 Å². The molecule has 0 fully saturated rings. The van der Waals surface area contributed by atoms with Crippen molar-refractivity contribution in [2.45, 2.75) is 31.8 Å². The molecule has 0 saturated heterocycles. The van der Waals surface area contributed by atoms with Gasteiger partial charge in [-0.2, -0.15) is 5.10 Å². The molecule has 0 spiro atoms. The summed E-state index contributed by atoms with van der Waals surface area (Å²) in [6, 6.07) is 7.95. The Hall–Kier alpha value is -1.85. The fourth-order valence-corrected chi connectivity index (χ4v) is 3.02. The van der Waals surface area contributed by atoms with E-state index in [2.05, 4.69) is 23.5 Å². The second kappa shape index (κ2) is 6.50.